The second-order valence-electron chi connectivity index (χ2n) is 4.28. The molecule has 19 heavy (non-hydrogen) atoms. The number of rotatable bonds is 5. The van der Waals surface area contributed by atoms with Crippen LogP contribution in [0.3, 0.4) is 0 Å². The van der Waals surface area contributed by atoms with Crippen LogP contribution in [0.25, 0.3) is 0 Å². The minimum atomic E-state index is -0.778. The van der Waals surface area contributed by atoms with Crippen molar-refractivity contribution < 1.29 is 14.2 Å². The molecule has 1 atom stereocenters. The Bertz CT molecular complexity index is 540. The Hall–Kier alpha value is -1.87. The maximum absolute atomic E-state index is 13.6. The Morgan fingerprint density at radius 1 is 1.11 bits per heavy atom. The average molecular weight is 260 g/mol. The third-order valence-electron chi connectivity index (χ3n) is 2.95. The molecule has 0 spiro atoms. The molecule has 0 aromatic heterocycles. The second kappa shape index (κ2) is 6.34. The molecule has 0 amide bonds. The van der Waals surface area contributed by atoms with E-state index in [0.717, 1.165) is 0 Å². The van der Waals surface area contributed by atoms with E-state index in [-0.39, 0.29) is 12.2 Å². The number of aliphatic hydroxyl groups excluding tert-OH is 1. The summed E-state index contributed by atoms with van der Waals surface area (Å²) in [6, 6.07) is 13.8. The topological polar surface area (TPSA) is 29.5 Å². The van der Waals surface area contributed by atoms with Gasteiger partial charge in [0.1, 0.15) is 11.6 Å². The standard InChI is InChI=1S/C16H17FO2/c1-2-19-16-10-6-4-8-13(16)15(18)11-12-7-3-5-9-14(12)17/h3-10,15,18H,2,11H2,1H3. The highest BCUT2D eigenvalue weighted by Gasteiger charge is 2.15. The zero-order chi connectivity index (χ0) is 13.7. The Labute approximate surface area is 112 Å². The lowest BCUT2D eigenvalue weighted by molar-refractivity contribution is 0.171. The summed E-state index contributed by atoms with van der Waals surface area (Å²) in [5, 5.41) is 10.3. The van der Waals surface area contributed by atoms with Crippen molar-refractivity contribution in [2.24, 2.45) is 0 Å². The van der Waals surface area contributed by atoms with Crippen LogP contribution in [0.15, 0.2) is 48.5 Å². The minimum absolute atomic E-state index is 0.233. The molecule has 0 saturated heterocycles. The van der Waals surface area contributed by atoms with Gasteiger partial charge in [-0.2, -0.15) is 0 Å². The van der Waals surface area contributed by atoms with Crippen molar-refractivity contribution in [2.45, 2.75) is 19.4 Å². The van der Waals surface area contributed by atoms with Gasteiger partial charge in [0, 0.05) is 12.0 Å². The van der Waals surface area contributed by atoms with Gasteiger partial charge < -0.3 is 9.84 Å². The molecule has 0 aliphatic heterocycles. The van der Waals surface area contributed by atoms with E-state index in [9.17, 15) is 9.50 Å². The molecule has 3 heteroatoms. The lowest BCUT2D eigenvalue weighted by Gasteiger charge is -2.16. The van der Waals surface area contributed by atoms with E-state index in [1.54, 1.807) is 24.3 Å². The van der Waals surface area contributed by atoms with Gasteiger partial charge >= 0.3 is 0 Å². The largest absolute Gasteiger partial charge is 0.493 e. The van der Waals surface area contributed by atoms with Gasteiger partial charge in [-0.05, 0) is 24.6 Å². The SMILES string of the molecule is CCOc1ccccc1C(O)Cc1ccccc1F. The summed E-state index contributed by atoms with van der Waals surface area (Å²) in [4.78, 5) is 0. The number of benzene rings is 2. The molecule has 0 saturated carbocycles. The molecule has 0 bridgehead atoms. The number of halogens is 1. The van der Waals surface area contributed by atoms with E-state index in [0.29, 0.717) is 23.5 Å². The van der Waals surface area contributed by atoms with E-state index < -0.39 is 6.10 Å². The molecule has 2 nitrogen and oxygen atoms in total. The van der Waals surface area contributed by atoms with Crippen LogP contribution >= 0.6 is 0 Å². The molecular formula is C16H17FO2. The molecule has 0 fully saturated rings. The van der Waals surface area contributed by atoms with Crippen molar-refractivity contribution in [2.75, 3.05) is 6.61 Å². The summed E-state index contributed by atoms with van der Waals surface area (Å²) in [5.41, 5.74) is 1.19. The Balaban J connectivity index is 2.20. The van der Waals surface area contributed by atoms with Crippen molar-refractivity contribution >= 4 is 0 Å². The van der Waals surface area contributed by atoms with Crippen LogP contribution in [0.2, 0.25) is 0 Å². The molecule has 2 aromatic rings. The van der Waals surface area contributed by atoms with Gasteiger partial charge in [0.15, 0.2) is 0 Å². The fourth-order valence-corrected chi connectivity index (χ4v) is 2.02. The minimum Gasteiger partial charge on any atom is -0.493 e. The van der Waals surface area contributed by atoms with E-state index in [1.165, 1.54) is 6.07 Å². The maximum atomic E-state index is 13.6. The summed E-state index contributed by atoms with van der Waals surface area (Å²) in [6.45, 7) is 2.42. The van der Waals surface area contributed by atoms with Gasteiger partial charge in [0.25, 0.3) is 0 Å². The molecule has 0 heterocycles. The lowest BCUT2D eigenvalue weighted by Crippen LogP contribution is -2.06. The first-order chi connectivity index (χ1) is 9.22. The highest BCUT2D eigenvalue weighted by molar-refractivity contribution is 5.36. The van der Waals surface area contributed by atoms with Gasteiger partial charge in [0.05, 0.1) is 12.7 Å². The Morgan fingerprint density at radius 3 is 2.53 bits per heavy atom. The highest BCUT2D eigenvalue weighted by atomic mass is 19.1. The number of ether oxygens (including phenoxy) is 1. The predicted octanol–water partition coefficient (Wildman–Crippen LogP) is 3.50. The van der Waals surface area contributed by atoms with Crippen LogP contribution in [0.1, 0.15) is 24.2 Å². The summed E-state index contributed by atoms with van der Waals surface area (Å²) in [6.07, 6.45) is -0.545. The predicted molar refractivity (Wildman–Crippen MR) is 72.7 cm³/mol. The van der Waals surface area contributed by atoms with Gasteiger partial charge in [-0.25, -0.2) is 4.39 Å². The molecular weight excluding hydrogens is 243 g/mol. The quantitative estimate of drug-likeness (QED) is 0.891. The van der Waals surface area contributed by atoms with Crippen LogP contribution in [0.5, 0.6) is 5.75 Å². The molecule has 0 radical (unpaired) electrons. The van der Waals surface area contributed by atoms with Gasteiger partial charge in [0.2, 0.25) is 0 Å². The molecule has 2 aromatic carbocycles. The lowest BCUT2D eigenvalue weighted by atomic mass is 10.0. The number of aliphatic hydroxyl groups is 1. The average Bonchev–Trinajstić information content (AvgIpc) is 2.42. The van der Waals surface area contributed by atoms with Crippen molar-refractivity contribution in [1.82, 2.24) is 0 Å². The Morgan fingerprint density at radius 2 is 1.79 bits per heavy atom. The fourth-order valence-electron chi connectivity index (χ4n) is 2.02. The first kappa shape index (κ1) is 13.6. The van der Waals surface area contributed by atoms with Gasteiger partial charge in [-0.1, -0.05) is 36.4 Å². The van der Waals surface area contributed by atoms with E-state index in [2.05, 4.69) is 0 Å². The number of para-hydroxylation sites is 1. The third kappa shape index (κ3) is 3.32. The monoisotopic (exact) mass is 260 g/mol. The Kier molecular flexibility index (Phi) is 4.53. The summed E-state index contributed by atoms with van der Waals surface area (Å²) in [5.74, 6) is 0.351. The van der Waals surface area contributed by atoms with Crippen molar-refractivity contribution in [3.8, 4) is 5.75 Å². The molecule has 1 unspecified atom stereocenters. The van der Waals surface area contributed by atoms with Crippen LogP contribution in [0, 0.1) is 5.82 Å². The van der Waals surface area contributed by atoms with Crippen molar-refractivity contribution in [3.05, 3.63) is 65.5 Å². The summed E-state index contributed by atoms with van der Waals surface area (Å²) >= 11 is 0. The van der Waals surface area contributed by atoms with E-state index in [4.69, 9.17) is 4.74 Å². The maximum Gasteiger partial charge on any atom is 0.126 e. The smallest absolute Gasteiger partial charge is 0.126 e. The van der Waals surface area contributed by atoms with Crippen LogP contribution in [-0.4, -0.2) is 11.7 Å². The van der Waals surface area contributed by atoms with Crippen LogP contribution in [-0.2, 0) is 6.42 Å². The van der Waals surface area contributed by atoms with E-state index in [1.807, 2.05) is 25.1 Å². The zero-order valence-electron chi connectivity index (χ0n) is 10.8. The fraction of sp³-hybridized carbons (Fsp3) is 0.250. The van der Waals surface area contributed by atoms with Gasteiger partial charge in [-0.15, -0.1) is 0 Å². The summed E-state index contributed by atoms with van der Waals surface area (Å²) < 4.78 is 19.0. The number of hydrogen-bond donors (Lipinski definition) is 1. The second-order valence-corrected chi connectivity index (χ2v) is 4.28. The van der Waals surface area contributed by atoms with Gasteiger partial charge in [-0.3, -0.25) is 0 Å². The highest BCUT2D eigenvalue weighted by Crippen LogP contribution is 2.28. The number of hydrogen-bond acceptors (Lipinski definition) is 2. The van der Waals surface area contributed by atoms with Crippen LogP contribution < -0.4 is 4.74 Å². The zero-order valence-corrected chi connectivity index (χ0v) is 10.8. The third-order valence-corrected chi connectivity index (χ3v) is 2.95. The molecule has 100 valence electrons. The molecule has 0 aliphatic carbocycles. The first-order valence-corrected chi connectivity index (χ1v) is 6.35. The molecule has 2 rings (SSSR count). The first-order valence-electron chi connectivity index (χ1n) is 6.35. The normalized spacial score (nSPS) is 12.2. The van der Waals surface area contributed by atoms with E-state index >= 15 is 0 Å². The van der Waals surface area contributed by atoms with Crippen molar-refractivity contribution in [3.63, 3.8) is 0 Å². The summed E-state index contributed by atoms with van der Waals surface area (Å²) in [7, 11) is 0. The van der Waals surface area contributed by atoms with Crippen molar-refractivity contribution in [1.29, 1.82) is 0 Å². The molecule has 1 N–H and O–H groups in total. The van der Waals surface area contributed by atoms with Crippen LogP contribution in [0.4, 0.5) is 4.39 Å². The molecule has 0 aliphatic rings.